The van der Waals surface area contributed by atoms with Gasteiger partial charge >= 0.3 is 0 Å². The van der Waals surface area contributed by atoms with E-state index in [-0.39, 0.29) is 17.0 Å². The summed E-state index contributed by atoms with van der Waals surface area (Å²) < 4.78 is 1.75. The number of amides is 1. The van der Waals surface area contributed by atoms with E-state index in [9.17, 15) is 9.59 Å². The van der Waals surface area contributed by atoms with Gasteiger partial charge in [-0.2, -0.15) is 10.4 Å². The molecule has 7 nitrogen and oxygen atoms in total. The normalized spacial score (nSPS) is 10.3. The molecular formula is C16H19N5O2. The third-order valence-corrected chi connectivity index (χ3v) is 3.74. The predicted molar refractivity (Wildman–Crippen MR) is 84.8 cm³/mol. The third kappa shape index (κ3) is 4.07. The molecule has 23 heavy (non-hydrogen) atoms. The van der Waals surface area contributed by atoms with Crippen molar-refractivity contribution in [2.75, 3.05) is 6.54 Å². The van der Waals surface area contributed by atoms with Gasteiger partial charge in [0.05, 0.1) is 6.54 Å². The Balaban J connectivity index is 1.92. The van der Waals surface area contributed by atoms with Gasteiger partial charge in [-0.05, 0) is 37.5 Å². The van der Waals surface area contributed by atoms with Crippen LogP contribution in [0.3, 0.4) is 0 Å². The highest BCUT2D eigenvalue weighted by molar-refractivity contribution is 5.76. The summed E-state index contributed by atoms with van der Waals surface area (Å²) in [5, 5.41) is 15.9. The number of nitriles is 1. The first-order valence-corrected chi connectivity index (χ1v) is 7.39. The lowest BCUT2D eigenvalue weighted by molar-refractivity contribution is -0.121. The lowest BCUT2D eigenvalue weighted by Crippen LogP contribution is -2.28. The zero-order valence-electron chi connectivity index (χ0n) is 13.2. The summed E-state index contributed by atoms with van der Waals surface area (Å²) in [6.07, 6.45) is 4.31. The molecule has 7 heteroatoms. The smallest absolute Gasteiger partial charge is 0.266 e. The van der Waals surface area contributed by atoms with E-state index in [2.05, 4.69) is 15.4 Å². The van der Waals surface area contributed by atoms with Crippen molar-refractivity contribution in [2.45, 2.75) is 33.2 Å². The predicted octanol–water partition coefficient (Wildman–Crippen LogP) is 0.809. The molecule has 2 N–H and O–H groups in total. The van der Waals surface area contributed by atoms with Crippen molar-refractivity contribution in [2.24, 2.45) is 0 Å². The Labute approximate surface area is 134 Å². The summed E-state index contributed by atoms with van der Waals surface area (Å²) in [5.74, 6) is -0.0688. The molecule has 0 bridgehead atoms. The summed E-state index contributed by atoms with van der Waals surface area (Å²) in [5.41, 5.74) is 1.94. The van der Waals surface area contributed by atoms with Crippen molar-refractivity contribution in [1.82, 2.24) is 20.1 Å². The van der Waals surface area contributed by atoms with Gasteiger partial charge in [0.2, 0.25) is 5.91 Å². The number of carbonyl (C=O) groups excluding carboxylic acids is 1. The fourth-order valence-corrected chi connectivity index (χ4v) is 2.49. The number of H-pyrrole nitrogens is 1. The van der Waals surface area contributed by atoms with Crippen LogP contribution >= 0.6 is 0 Å². The maximum Gasteiger partial charge on any atom is 0.266 e. The van der Waals surface area contributed by atoms with Crippen LogP contribution in [0.4, 0.5) is 0 Å². The first-order chi connectivity index (χ1) is 11.0. The van der Waals surface area contributed by atoms with Gasteiger partial charge in [0.15, 0.2) is 0 Å². The Hall–Kier alpha value is -2.88. The minimum absolute atomic E-state index is 0.0688. The number of rotatable bonds is 6. The monoisotopic (exact) mass is 313 g/mol. The van der Waals surface area contributed by atoms with Crippen molar-refractivity contribution < 1.29 is 4.79 Å². The quantitative estimate of drug-likeness (QED) is 0.823. The van der Waals surface area contributed by atoms with Gasteiger partial charge in [-0.25, -0.2) is 0 Å². The average Bonchev–Trinajstić information content (AvgIpc) is 3.00. The second kappa shape index (κ2) is 7.40. The van der Waals surface area contributed by atoms with Gasteiger partial charge in [0.1, 0.15) is 11.6 Å². The molecule has 0 fully saturated rings. The van der Waals surface area contributed by atoms with Gasteiger partial charge < -0.3 is 10.3 Å². The molecule has 0 spiro atoms. The molecule has 2 aromatic heterocycles. The Bertz CT molecular complexity index is 784. The molecule has 0 unspecified atom stereocenters. The van der Waals surface area contributed by atoms with Crippen LogP contribution in [0.2, 0.25) is 0 Å². The lowest BCUT2D eigenvalue weighted by atomic mass is 9.99. The fraction of sp³-hybridized carbons (Fsp3) is 0.375. The van der Waals surface area contributed by atoms with Crippen LogP contribution in [-0.4, -0.2) is 27.2 Å². The van der Waals surface area contributed by atoms with Crippen molar-refractivity contribution >= 4 is 5.91 Å². The number of pyridine rings is 1. The third-order valence-electron chi connectivity index (χ3n) is 3.74. The first kappa shape index (κ1) is 16.5. The Kier molecular flexibility index (Phi) is 5.31. The molecule has 120 valence electrons. The molecule has 0 aliphatic rings. The maximum absolute atomic E-state index is 11.9. The molecule has 0 aromatic carbocycles. The zero-order chi connectivity index (χ0) is 16.8. The standard InChI is InChI=1S/C16H19N5O2/c1-11-13(12(2)20-16(23)14(11)10-17)4-5-15(22)18-7-9-21-8-3-6-19-21/h3,6,8H,4-5,7,9H2,1-2H3,(H,18,22)(H,20,23). The summed E-state index contributed by atoms with van der Waals surface area (Å²) in [7, 11) is 0. The topological polar surface area (TPSA) is 104 Å². The Morgan fingerprint density at radius 2 is 2.26 bits per heavy atom. The second-order valence-corrected chi connectivity index (χ2v) is 5.29. The summed E-state index contributed by atoms with van der Waals surface area (Å²) in [4.78, 5) is 26.2. The lowest BCUT2D eigenvalue weighted by Gasteiger charge is -2.11. The van der Waals surface area contributed by atoms with Crippen LogP contribution in [0.1, 0.15) is 28.8 Å². The summed E-state index contributed by atoms with van der Waals surface area (Å²) in [6.45, 7) is 4.65. The van der Waals surface area contributed by atoms with Crippen molar-refractivity contribution in [3.05, 3.63) is 51.2 Å². The molecule has 0 aliphatic carbocycles. The van der Waals surface area contributed by atoms with E-state index < -0.39 is 0 Å². The maximum atomic E-state index is 11.9. The SMILES string of the molecule is Cc1[nH]c(=O)c(C#N)c(C)c1CCC(=O)NCCn1cccn1. The van der Waals surface area contributed by atoms with Crippen molar-refractivity contribution in [3.8, 4) is 6.07 Å². The first-order valence-electron chi connectivity index (χ1n) is 7.39. The van der Waals surface area contributed by atoms with Crippen LogP contribution in [-0.2, 0) is 17.8 Å². The molecule has 0 saturated carbocycles. The van der Waals surface area contributed by atoms with E-state index in [1.807, 2.05) is 18.3 Å². The van der Waals surface area contributed by atoms with Crippen molar-refractivity contribution in [1.29, 1.82) is 5.26 Å². The van der Waals surface area contributed by atoms with Crippen LogP contribution in [0.25, 0.3) is 0 Å². The average molecular weight is 313 g/mol. The summed E-state index contributed by atoms with van der Waals surface area (Å²) >= 11 is 0. The number of hydrogen-bond donors (Lipinski definition) is 2. The van der Waals surface area contributed by atoms with E-state index in [0.717, 1.165) is 5.56 Å². The molecule has 2 aromatic rings. The van der Waals surface area contributed by atoms with E-state index in [0.29, 0.717) is 37.2 Å². The van der Waals surface area contributed by atoms with Crippen LogP contribution in [0, 0.1) is 25.2 Å². The summed E-state index contributed by atoms with van der Waals surface area (Å²) in [6, 6.07) is 3.74. The number of aromatic amines is 1. The van der Waals surface area contributed by atoms with Crippen molar-refractivity contribution in [3.63, 3.8) is 0 Å². The minimum Gasteiger partial charge on any atom is -0.354 e. The second-order valence-electron chi connectivity index (χ2n) is 5.29. The van der Waals surface area contributed by atoms with Gasteiger partial charge in [-0.15, -0.1) is 0 Å². The highest BCUT2D eigenvalue weighted by Crippen LogP contribution is 2.14. The number of aromatic nitrogens is 3. The highest BCUT2D eigenvalue weighted by Gasteiger charge is 2.13. The van der Waals surface area contributed by atoms with Gasteiger partial charge in [0.25, 0.3) is 5.56 Å². The number of nitrogens with one attached hydrogen (secondary N) is 2. The minimum atomic E-state index is -0.380. The molecule has 0 radical (unpaired) electrons. The number of carbonyl (C=O) groups is 1. The van der Waals surface area contributed by atoms with Gasteiger partial charge in [-0.3, -0.25) is 14.3 Å². The molecule has 1 amide bonds. The van der Waals surface area contributed by atoms with E-state index >= 15 is 0 Å². The fourth-order valence-electron chi connectivity index (χ4n) is 2.49. The Morgan fingerprint density at radius 1 is 1.48 bits per heavy atom. The number of nitrogens with zero attached hydrogens (tertiary/aromatic N) is 3. The van der Waals surface area contributed by atoms with Gasteiger partial charge in [0, 0.05) is 31.1 Å². The molecule has 0 atom stereocenters. The van der Waals surface area contributed by atoms with Gasteiger partial charge in [-0.1, -0.05) is 0 Å². The highest BCUT2D eigenvalue weighted by atomic mass is 16.1. The van der Waals surface area contributed by atoms with Crippen LogP contribution < -0.4 is 10.9 Å². The van der Waals surface area contributed by atoms with Crippen LogP contribution in [0.15, 0.2) is 23.3 Å². The molecular weight excluding hydrogens is 294 g/mol. The zero-order valence-corrected chi connectivity index (χ0v) is 13.2. The van der Waals surface area contributed by atoms with Crippen LogP contribution in [0.5, 0.6) is 0 Å². The molecule has 0 saturated heterocycles. The van der Waals surface area contributed by atoms with E-state index in [1.165, 1.54) is 0 Å². The van der Waals surface area contributed by atoms with E-state index in [4.69, 9.17) is 5.26 Å². The largest absolute Gasteiger partial charge is 0.354 e. The molecule has 0 aliphatic heterocycles. The Morgan fingerprint density at radius 3 is 2.91 bits per heavy atom. The number of hydrogen-bond acceptors (Lipinski definition) is 4. The number of aryl methyl sites for hydroxylation is 1. The van der Waals surface area contributed by atoms with E-state index in [1.54, 1.807) is 24.7 Å². The molecule has 2 rings (SSSR count). The molecule has 2 heterocycles.